The Labute approximate surface area is 789 Å². The second-order valence-electron chi connectivity index (χ2n) is 32.5. The predicted molar refractivity (Wildman–Crippen MR) is 536 cm³/mol. The molecule has 0 aliphatic heterocycles. The molecule has 17 heterocycles. The molecule has 0 unspecified atom stereocenters. The molecule has 5 aromatic carbocycles. The van der Waals surface area contributed by atoms with Crippen LogP contribution in [0.25, 0.3) is 135 Å². The molecular formula is C100H84N24O8S4. The molecule has 136 heavy (non-hydrogen) atoms. The summed E-state index contributed by atoms with van der Waals surface area (Å²) >= 11 is 6.14. The van der Waals surface area contributed by atoms with E-state index < -0.39 is 0 Å². The Bertz CT molecular complexity index is 8590. The Morgan fingerprint density at radius 2 is 0.816 bits per heavy atom. The lowest BCUT2D eigenvalue weighted by Gasteiger charge is -2.24. The summed E-state index contributed by atoms with van der Waals surface area (Å²) in [6, 6.07) is 51.0. The number of benzene rings is 5. The van der Waals surface area contributed by atoms with Gasteiger partial charge in [0, 0.05) is 109 Å². The van der Waals surface area contributed by atoms with Crippen molar-refractivity contribution in [3.63, 3.8) is 0 Å². The topological polar surface area (TPSA) is 387 Å². The van der Waals surface area contributed by atoms with E-state index >= 15 is 0 Å². The zero-order valence-corrected chi connectivity index (χ0v) is 78.2. The van der Waals surface area contributed by atoms with E-state index in [-0.39, 0.29) is 64.0 Å². The molecule has 0 spiro atoms. The Balaban J connectivity index is 0.000000116. The summed E-state index contributed by atoms with van der Waals surface area (Å²) in [5, 5.41) is 27.7. The van der Waals surface area contributed by atoms with Gasteiger partial charge < -0.3 is 44.2 Å². The van der Waals surface area contributed by atoms with Crippen LogP contribution in [0.15, 0.2) is 287 Å². The van der Waals surface area contributed by atoms with E-state index in [4.69, 9.17) is 13.8 Å². The second kappa shape index (κ2) is 38.0. The summed E-state index contributed by atoms with van der Waals surface area (Å²) in [4.78, 5) is 125. The number of aryl methyl sites for hydroxylation is 4. The van der Waals surface area contributed by atoms with Crippen LogP contribution in [0.1, 0.15) is 111 Å². The molecular weight excluding hydrogens is 1790 g/mol. The number of aromatic nitrogens is 20. The predicted octanol–water partition coefficient (Wildman–Crippen LogP) is 19.9. The fourth-order valence-electron chi connectivity index (χ4n) is 16.9. The highest BCUT2D eigenvalue weighted by Crippen LogP contribution is 2.38. The van der Waals surface area contributed by atoms with Crippen molar-refractivity contribution in [3.05, 3.63) is 346 Å². The van der Waals surface area contributed by atoms with Gasteiger partial charge in [0.2, 0.25) is 5.56 Å². The highest BCUT2D eigenvalue weighted by atomic mass is 32.1. The van der Waals surface area contributed by atoms with Crippen LogP contribution in [0.4, 0.5) is 23.3 Å². The van der Waals surface area contributed by atoms with E-state index in [1.54, 1.807) is 139 Å². The van der Waals surface area contributed by atoms with Crippen LogP contribution in [0.5, 0.6) is 6.01 Å². The van der Waals surface area contributed by atoms with E-state index in [1.807, 2.05) is 200 Å². The first-order chi connectivity index (χ1) is 66.1. The van der Waals surface area contributed by atoms with Crippen LogP contribution in [0.2, 0.25) is 0 Å². The van der Waals surface area contributed by atoms with Gasteiger partial charge in [-0.1, -0.05) is 95.2 Å². The maximum Gasteiger partial charge on any atom is 0.316 e. The zero-order chi connectivity index (χ0) is 94.1. The van der Waals surface area contributed by atoms with Crippen molar-refractivity contribution in [2.75, 3.05) is 28.4 Å². The van der Waals surface area contributed by atoms with Gasteiger partial charge in [-0.2, -0.15) is 0 Å². The van der Waals surface area contributed by atoms with E-state index in [1.165, 1.54) is 47.9 Å². The summed E-state index contributed by atoms with van der Waals surface area (Å²) in [5.41, 5.74) is 20.3. The average molecular weight is 1880 g/mol. The molecule has 0 saturated heterocycles. The standard InChI is InChI=1S/C26H25N5O2S.C25H19N7O3S.C25H19N7O2S.C24H21N5OS/c1-15(2)31-20(16(3)29-25-24-21(10-11-27-25)34-14-28-24)12-17-6-5-7-19(23(17)26(31)33)18-8-9-22(32)30(4)13-18;1-14(30-23-22-19(6-8-26-23)36-13-29-22)18-10-15-4-3-5-17(16-11-27-25(34-2)28-12-16)21(15)24(33)32(18)20-7-9-35-31-20;1-14(30-24-23-20(6-8-26-24)35-13-29-23)19-10-16-4-3-5-18(17-11-27-15(2)28-12-17)22(16)25(33)32(19)21-7-9-34-31-21;1-14-6-4-9-18(10-14)29-19(11-17-8-5-7-15(2)20(17)24(29)30)16(3)28-22-21-23(26-12-25-22)31-13-27-21/h5-16H,1-4H3,(H,27,29);3-14H,1-2H3,(H,26,30);3-14H,1-2H3,(H,26,30);4-13,16H,1-3H3,(H,25,26,28)/t16-;2*14-;16-/m0000/s1. The van der Waals surface area contributed by atoms with Gasteiger partial charge in [-0.25, -0.2) is 64.8 Å². The van der Waals surface area contributed by atoms with Crippen LogP contribution < -0.4 is 53.8 Å². The van der Waals surface area contributed by atoms with Gasteiger partial charge in [0.05, 0.1) is 100 Å². The molecule has 0 amide bonds. The van der Waals surface area contributed by atoms with Crippen LogP contribution in [-0.2, 0) is 7.05 Å². The quantitative estimate of drug-likeness (QED) is 0.0550. The third kappa shape index (κ3) is 17.4. The third-order valence-corrected chi connectivity index (χ3v) is 26.4. The SMILES string of the molecule is CC(C)n1c([C@H](C)Nc2nccc3scnc23)cc2cccc(-c3ccc(=O)n(C)c3)c2c1=O.COc1ncc(-c2cccc3cc([C@H](C)Nc4nccc5scnc45)n(-c4ccon4)c(=O)c23)cn1.Cc1cccc(-n2c([C@H](C)Nc3ncnc4scnc34)cc3cccc(C)c3c2=O)c1.Cc1ncc(-c2cccc3cc([C@H](C)Nc4nccc5scnc45)n(-c4ccon4)c(=O)c23)cn1. The molecule has 36 heteroatoms. The van der Waals surface area contributed by atoms with Crippen molar-refractivity contribution >= 4 is 153 Å². The number of nitrogens with zero attached hydrogens (tertiary/aromatic N) is 20. The van der Waals surface area contributed by atoms with E-state index in [2.05, 4.69) is 109 Å². The molecule has 0 aliphatic rings. The molecule has 676 valence electrons. The maximum atomic E-state index is 14.1. The number of pyridine rings is 8. The summed E-state index contributed by atoms with van der Waals surface area (Å²) < 4.78 is 26.7. The number of nitrogens with one attached hydrogen (secondary N) is 4. The van der Waals surface area contributed by atoms with Gasteiger partial charge in [-0.15, -0.1) is 45.3 Å². The number of hydrogen-bond acceptors (Lipinski definition) is 31. The zero-order valence-electron chi connectivity index (χ0n) is 75.0. The largest absolute Gasteiger partial charge is 0.467 e. The number of thiazole rings is 4. The minimum atomic E-state index is -0.313. The summed E-state index contributed by atoms with van der Waals surface area (Å²) in [6.07, 6.45) is 18.2. The van der Waals surface area contributed by atoms with E-state index in [0.717, 1.165) is 118 Å². The van der Waals surface area contributed by atoms with Crippen LogP contribution in [0.3, 0.4) is 0 Å². The molecule has 4 N–H and O–H groups in total. The van der Waals surface area contributed by atoms with Gasteiger partial charge in [0.15, 0.2) is 34.9 Å². The van der Waals surface area contributed by atoms with Crippen molar-refractivity contribution in [2.45, 2.75) is 92.5 Å². The minimum absolute atomic E-state index is 0.0219. The molecule has 32 nitrogen and oxygen atoms in total. The van der Waals surface area contributed by atoms with Gasteiger partial charge in [-0.05, 0) is 178 Å². The molecule has 0 fully saturated rings. The molecule has 22 aromatic rings. The number of fused-ring (bicyclic) bond motifs is 8. The third-order valence-electron chi connectivity index (χ3n) is 23.3. The van der Waals surface area contributed by atoms with E-state index in [9.17, 15) is 24.0 Å². The molecule has 0 radical (unpaired) electrons. The summed E-state index contributed by atoms with van der Waals surface area (Å²) in [6.45, 7) is 17.9. The Hall–Kier alpha value is -16.4. The fraction of sp³-hybridized carbons (Fsp3) is 0.160. The lowest BCUT2D eigenvalue weighted by molar-refractivity contribution is 0.380. The molecule has 0 saturated carbocycles. The first-order valence-electron chi connectivity index (χ1n) is 43.2. The van der Waals surface area contributed by atoms with Crippen LogP contribution in [-0.4, -0.2) is 105 Å². The van der Waals surface area contributed by atoms with Crippen molar-refractivity contribution < 1.29 is 13.8 Å². The summed E-state index contributed by atoms with van der Waals surface area (Å²) in [5.74, 6) is 4.10. The van der Waals surface area contributed by atoms with Crippen molar-refractivity contribution in [1.82, 2.24) is 97.9 Å². The van der Waals surface area contributed by atoms with E-state index in [0.29, 0.717) is 79.4 Å². The molecule has 4 atom stereocenters. The molecule has 22 rings (SSSR count). The lowest BCUT2D eigenvalue weighted by Crippen LogP contribution is -2.28. The Morgan fingerprint density at radius 3 is 1.29 bits per heavy atom. The first-order valence-corrected chi connectivity index (χ1v) is 46.7. The van der Waals surface area contributed by atoms with Crippen molar-refractivity contribution in [2.24, 2.45) is 7.05 Å². The lowest BCUT2D eigenvalue weighted by atomic mass is 9.98. The van der Waals surface area contributed by atoms with Crippen LogP contribution in [0, 0.1) is 20.8 Å². The number of methoxy groups -OCH3 is 1. The Kier molecular flexibility index (Phi) is 24.8. The highest BCUT2D eigenvalue weighted by molar-refractivity contribution is 7.17. The molecule has 17 aromatic heterocycles. The van der Waals surface area contributed by atoms with Gasteiger partial charge in [0.25, 0.3) is 22.2 Å². The van der Waals surface area contributed by atoms with Gasteiger partial charge >= 0.3 is 6.01 Å². The number of hydrogen-bond donors (Lipinski definition) is 4. The Morgan fingerprint density at radius 1 is 0.390 bits per heavy atom. The minimum Gasteiger partial charge on any atom is -0.467 e. The maximum absolute atomic E-state index is 14.1. The normalized spacial score (nSPS) is 12.3. The van der Waals surface area contributed by atoms with Crippen molar-refractivity contribution in [3.8, 4) is 56.7 Å². The average Bonchev–Trinajstić information content (AvgIpc) is 1.36. The number of anilines is 4. The highest BCUT2D eigenvalue weighted by Gasteiger charge is 2.28. The fourth-order valence-corrected chi connectivity index (χ4v) is 19.5. The van der Waals surface area contributed by atoms with Gasteiger partial charge in [0.1, 0.15) is 51.6 Å². The molecule has 0 aliphatic carbocycles. The second-order valence-corrected chi connectivity index (χ2v) is 36.0. The number of ether oxygens (including phenoxy) is 1. The van der Waals surface area contributed by atoms with Gasteiger partial charge in [-0.3, -0.25) is 37.7 Å². The van der Waals surface area contributed by atoms with Crippen LogP contribution >= 0.6 is 45.3 Å². The first kappa shape index (κ1) is 88.8. The number of rotatable bonds is 20. The monoisotopic (exact) mass is 1880 g/mol. The molecule has 0 bridgehead atoms. The smallest absolute Gasteiger partial charge is 0.316 e. The van der Waals surface area contributed by atoms with Crippen molar-refractivity contribution in [1.29, 1.82) is 0 Å². The summed E-state index contributed by atoms with van der Waals surface area (Å²) in [7, 11) is 3.22.